The predicted molar refractivity (Wildman–Crippen MR) is 122 cm³/mol. The molecule has 2 aliphatic rings. The van der Waals surface area contributed by atoms with Crippen LogP contribution in [-0.2, 0) is 58.9 Å². The Morgan fingerprint density at radius 1 is 0.889 bits per heavy atom. The SMILES string of the molecule is COC(=O)[C@H]1O[C@@H](O[C@@H]2[C@@H](C)O[C@H](OC)C[C@H]2OCc2ccccc2)C[C@@H](OC(C)=O)[C@@H]1OC(C)=O. The van der Waals surface area contributed by atoms with Gasteiger partial charge in [-0.1, -0.05) is 30.3 Å². The highest BCUT2D eigenvalue weighted by Crippen LogP contribution is 2.32. The maximum absolute atomic E-state index is 12.5. The zero-order valence-electron chi connectivity index (χ0n) is 21.1. The van der Waals surface area contributed by atoms with Crippen LogP contribution in [-0.4, -0.2) is 81.3 Å². The van der Waals surface area contributed by atoms with Gasteiger partial charge >= 0.3 is 17.9 Å². The summed E-state index contributed by atoms with van der Waals surface area (Å²) in [7, 11) is 2.73. The number of esters is 3. The van der Waals surface area contributed by atoms with Gasteiger partial charge in [0.1, 0.15) is 12.2 Å². The van der Waals surface area contributed by atoms with Crippen LogP contribution in [0.5, 0.6) is 0 Å². The lowest BCUT2D eigenvalue weighted by Gasteiger charge is -2.44. The van der Waals surface area contributed by atoms with E-state index >= 15 is 0 Å². The highest BCUT2D eigenvalue weighted by molar-refractivity contribution is 5.77. The second kappa shape index (κ2) is 13.1. The summed E-state index contributed by atoms with van der Waals surface area (Å²) in [5, 5.41) is 0. The van der Waals surface area contributed by atoms with Gasteiger partial charge in [-0.15, -0.1) is 0 Å². The monoisotopic (exact) mass is 510 g/mol. The van der Waals surface area contributed by atoms with Crippen LogP contribution in [0, 0.1) is 0 Å². The molecule has 3 rings (SSSR count). The molecule has 2 saturated heterocycles. The molecule has 2 fully saturated rings. The van der Waals surface area contributed by atoms with Gasteiger partial charge in [0.2, 0.25) is 0 Å². The lowest BCUT2D eigenvalue weighted by atomic mass is 9.99. The summed E-state index contributed by atoms with van der Waals surface area (Å²) >= 11 is 0. The van der Waals surface area contributed by atoms with Gasteiger partial charge in [0.15, 0.2) is 24.8 Å². The molecule has 36 heavy (non-hydrogen) atoms. The summed E-state index contributed by atoms with van der Waals surface area (Å²) in [6.07, 6.45) is -6.14. The molecule has 1 aromatic carbocycles. The van der Waals surface area contributed by atoms with E-state index in [9.17, 15) is 14.4 Å². The second-order valence-electron chi connectivity index (χ2n) is 8.64. The van der Waals surface area contributed by atoms with Crippen molar-refractivity contribution in [3.8, 4) is 0 Å². The van der Waals surface area contributed by atoms with Crippen molar-refractivity contribution < 1.29 is 52.3 Å². The van der Waals surface area contributed by atoms with Crippen molar-refractivity contribution in [2.24, 2.45) is 0 Å². The lowest BCUT2D eigenvalue weighted by Crippen LogP contribution is -2.58. The van der Waals surface area contributed by atoms with Gasteiger partial charge in [0.05, 0.1) is 25.9 Å². The number of carbonyl (C=O) groups is 3. The van der Waals surface area contributed by atoms with E-state index in [1.165, 1.54) is 21.0 Å². The Bertz CT molecular complexity index is 876. The molecule has 0 aromatic heterocycles. The number of ether oxygens (including phenoxy) is 8. The van der Waals surface area contributed by atoms with Gasteiger partial charge in [-0.2, -0.15) is 0 Å². The quantitative estimate of drug-likeness (QED) is 0.357. The van der Waals surface area contributed by atoms with Crippen LogP contribution in [0.25, 0.3) is 0 Å². The fourth-order valence-electron chi connectivity index (χ4n) is 4.33. The van der Waals surface area contributed by atoms with E-state index < -0.39 is 67.1 Å². The Labute approximate surface area is 210 Å². The van der Waals surface area contributed by atoms with Crippen LogP contribution < -0.4 is 0 Å². The summed E-state index contributed by atoms with van der Waals surface area (Å²) < 4.78 is 45.1. The molecular formula is C25H34O11. The first-order valence-electron chi connectivity index (χ1n) is 11.8. The predicted octanol–water partition coefficient (Wildman–Crippen LogP) is 1.89. The van der Waals surface area contributed by atoms with Crippen LogP contribution in [0.1, 0.15) is 39.2 Å². The minimum Gasteiger partial charge on any atom is -0.467 e. The van der Waals surface area contributed by atoms with E-state index in [4.69, 9.17) is 37.9 Å². The molecule has 2 heterocycles. The molecule has 0 spiro atoms. The maximum Gasteiger partial charge on any atom is 0.339 e. The standard InChI is InChI=1S/C25H34O11/c1-14-22(18(11-20(29-4)32-14)31-13-17-9-7-6-8-10-17)35-21-12-19(33-15(2)26)23(34-16(3)27)24(36-21)25(28)30-5/h6-10,14,18-24H,11-13H2,1-5H3/t14-,18-,19-,20+,21-,22-,23+,24+/m1/s1. The molecule has 11 nitrogen and oxygen atoms in total. The van der Waals surface area contributed by atoms with Gasteiger partial charge in [-0.05, 0) is 12.5 Å². The molecular weight excluding hydrogens is 476 g/mol. The highest BCUT2D eigenvalue weighted by atomic mass is 16.7. The number of benzene rings is 1. The Hall–Kier alpha value is -2.57. The van der Waals surface area contributed by atoms with Crippen molar-refractivity contribution in [3.05, 3.63) is 35.9 Å². The largest absolute Gasteiger partial charge is 0.467 e. The molecule has 0 amide bonds. The normalized spacial score (nSPS) is 32.4. The minimum absolute atomic E-state index is 0.00729. The van der Waals surface area contributed by atoms with E-state index in [0.29, 0.717) is 13.0 Å². The molecule has 200 valence electrons. The molecule has 2 aliphatic heterocycles. The zero-order valence-corrected chi connectivity index (χ0v) is 21.1. The smallest absolute Gasteiger partial charge is 0.339 e. The summed E-state index contributed by atoms with van der Waals surface area (Å²) in [5.41, 5.74) is 0.989. The highest BCUT2D eigenvalue weighted by Gasteiger charge is 2.49. The number of rotatable bonds is 9. The van der Waals surface area contributed by atoms with Crippen LogP contribution in [0.3, 0.4) is 0 Å². The fraction of sp³-hybridized carbons (Fsp3) is 0.640. The van der Waals surface area contributed by atoms with Crippen molar-refractivity contribution in [2.75, 3.05) is 14.2 Å². The van der Waals surface area contributed by atoms with Crippen LogP contribution in [0.15, 0.2) is 30.3 Å². The van der Waals surface area contributed by atoms with Gasteiger partial charge in [0.25, 0.3) is 0 Å². The maximum atomic E-state index is 12.5. The average Bonchev–Trinajstić information content (AvgIpc) is 2.85. The van der Waals surface area contributed by atoms with Crippen LogP contribution >= 0.6 is 0 Å². The molecule has 8 atom stereocenters. The molecule has 0 bridgehead atoms. The topological polar surface area (TPSA) is 125 Å². The van der Waals surface area contributed by atoms with Crippen molar-refractivity contribution in [2.45, 2.75) is 89.4 Å². The van der Waals surface area contributed by atoms with Crippen molar-refractivity contribution in [1.82, 2.24) is 0 Å². The Morgan fingerprint density at radius 2 is 1.56 bits per heavy atom. The minimum atomic E-state index is -1.36. The first kappa shape index (κ1) is 28.0. The lowest BCUT2D eigenvalue weighted by molar-refractivity contribution is -0.315. The molecule has 11 heteroatoms. The molecule has 0 N–H and O–H groups in total. The first-order chi connectivity index (χ1) is 17.2. The number of methoxy groups -OCH3 is 2. The van der Waals surface area contributed by atoms with Crippen molar-refractivity contribution in [3.63, 3.8) is 0 Å². The fourth-order valence-corrected chi connectivity index (χ4v) is 4.33. The Kier molecular flexibility index (Phi) is 10.2. The molecule has 0 unspecified atom stereocenters. The number of hydrogen-bond donors (Lipinski definition) is 0. The van der Waals surface area contributed by atoms with Gasteiger partial charge in [0, 0.05) is 33.8 Å². The third kappa shape index (κ3) is 7.47. The van der Waals surface area contributed by atoms with Crippen LogP contribution in [0.2, 0.25) is 0 Å². The third-order valence-electron chi connectivity index (χ3n) is 5.94. The molecule has 1 aromatic rings. The van der Waals surface area contributed by atoms with E-state index in [2.05, 4.69) is 0 Å². The second-order valence-corrected chi connectivity index (χ2v) is 8.64. The number of hydrogen-bond acceptors (Lipinski definition) is 11. The summed E-state index contributed by atoms with van der Waals surface area (Å²) in [5.74, 6) is -2.07. The Morgan fingerprint density at radius 3 is 2.17 bits per heavy atom. The summed E-state index contributed by atoms with van der Waals surface area (Å²) in [4.78, 5) is 35.9. The van der Waals surface area contributed by atoms with Crippen molar-refractivity contribution >= 4 is 17.9 Å². The first-order valence-corrected chi connectivity index (χ1v) is 11.8. The summed E-state index contributed by atoms with van der Waals surface area (Å²) in [6.45, 7) is 4.57. The van der Waals surface area contributed by atoms with Crippen LogP contribution in [0.4, 0.5) is 0 Å². The van der Waals surface area contributed by atoms with E-state index in [0.717, 1.165) is 5.56 Å². The zero-order chi connectivity index (χ0) is 26.2. The van der Waals surface area contributed by atoms with Gasteiger partial charge < -0.3 is 37.9 Å². The third-order valence-corrected chi connectivity index (χ3v) is 5.94. The number of carbonyl (C=O) groups excluding carboxylic acids is 3. The molecule has 0 radical (unpaired) electrons. The van der Waals surface area contributed by atoms with E-state index in [1.54, 1.807) is 7.11 Å². The van der Waals surface area contributed by atoms with Gasteiger partial charge in [-0.25, -0.2) is 4.79 Å². The molecule has 0 aliphatic carbocycles. The van der Waals surface area contributed by atoms with Gasteiger partial charge in [-0.3, -0.25) is 9.59 Å². The van der Waals surface area contributed by atoms with E-state index in [1.807, 2.05) is 37.3 Å². The summed E-state index contributed by atoms with van der Waals surface area (Å²) in [6, 6.07) is 9.68. The van der Waals surface area contributed by atoms with E-state index in [-0.39, 0.29) is 6.42 Å². The Balaban J connectivity index is 1.79. The van der Waals surface area contributed by atoms with Crippen molar-refractivity contribution in [1.29, 1.82) is 0 Å². The molecule has 0 saturated carbocycles. The average molecular weight is 511 g/mol.